The molecule has 1 aliphatic rings. The molecule has 1 N–H and O–H groups in total. The Hall–Kier alpha value is -2.57. The van der Waals surface area contributed by atoms with Crippen molar-refractivity contribution in [2.24, 2.45) is 0 Å². The van der Waals surface area contributed by atoms with E-state index in [-0.39, 0.29) is 12.0 Å². The van der Waals surface area contributed by atoms with E-state index in [2.05, 4.69) is 5.32 Å². The van der Waals surface area contributed by atoms with Gasteiger partial charge in [0, 0.05) is 10.6 Å². The Kier molecular flexibility index (Phi) is 5.91. The highest BCUT2D eigenvalue weighted by Crippen LogP contribution is 2.34. The molecular weight excluding hydrogens is 396 g/mol. The Balaban J connectivity index is 1.99. The van der Waals surface area contributed by atoms with Gasteiger partial charge in [-0.3, -0.25) is 9.69 Å². The van der Waals surface area contributed by atoms with Crippen molar-refractivity contribution in [2.75, 3.05) is 12.0 Å². The molecule has 0 unspecified atom stereocenters. The van der Waals surface area contributed by atoms with Crippen LogP contribution in [0.1, 0.15) is 25.0 Å². The van der Waals surface area contributed by atoms with Crippen LogP contribution < -0.4 is 19.7 Å². The maximum Gasteiger partial charge on any atom is 0.281 e. The first-order chi connectivity index (χ1) is 13.3. The van der Waals surface area contributed by atoms with Gasteiger partial charge < -0.3 is 14.8 Å². The molecule has 146 valence electrons. The number of benzene rings is 2. The van der Waals surface area contributed by atoms with E-state index in [1.165, 1.54) is 4.90 Å². The third kappa shape index (κ3) is 3.98. The summed E-state index contributed by atoms with van der Waals surface area (Å²) in [5.41, 5.74) is 2.61. The summed E-state index contributed by atoms with van der Waals surface area (Å²) in [6, 6.07) is 10.9. The third-order valence-corrected chi connectivity index (χ3v) is 4.87. The number of nitrogens with one attached hydrogen (secondary N) is 1. The van der Waals surface area contributed by atoms with Gasteiger partial charge in [-0.25, -0.2) is 0 Å². The SMILES string of the molecule is COc1cccc(/C=C2\NC(=S)N(c3ccc(C)c(Cl)c3)C2=O)c1OC(C)C. The number of nitrogens with zero attached hydrogens (tertiary/aromatic N) is 1. The number of carbonyl (C=O) groups excluding carboxylic acids is 1. The van der Waals surface area contributed by atoms with E-state index in [9.17, 15) is 4.79 Å². The van der Waals surface area contributed by atoms with Crippen LogP contribution >= 0.6 is 23.8 Å². The van der Waals surface area contributed by atoms with Crippen molar-refractivity contribution in [3.05, 3.63) is 58.2 Å². The summed E-state index contributed by atoms with van der Waals surface area (Å²) >= 11 is 11.6. The van der Waals surface area contributed by atoms with Crippen molar-refractivity contribution in [1.82, 2.24) is 5.32 Å². The molecule has 2 aromatic rings. The zero-order chi connectivity index (χ0) is 20.4. The summed E-state index contributed by atoms with van der Waals surface area (Å²) in [4.78, 5) is 14.4. The van der Waals surface area contributed by atoms with Crippen molar-refractivity contribution in [3.8, 4) is 11.5 Å². The van der Waals surface area contributed by atoms with Crippen LogP contribution in [-0.2, 0) is 4.79 Å². The highest BCUT2D eigenvalue weighted by atomic mass is 35.5. The lowest BCUT2D eigenvalue weighted by atomic mass is 10.1. The molecule has 0 aromatic heterocycles. The Morgan fingerprint density at radius 3 is 2.64 bits per heavy atom. The van der Waals surface area contributed by atoms with Crippen LogP contribution in [-0.4, -0.2) is 24.2 Å². The lowest BCUT2D eigenvalue weighted by Crippen LogP contribution is -2.30. The van der Waals surface area contributed by atoms with Crippen LogP contribution in [0.3, 0.4) is 0 Å². The van der Waals surface area contributed by atoms with Gasteiger partial charge in [-0.1, -0.05) is 29.8 Å². The minimum absolute atomic E-state index is 0.0482. The fourth-order valence-electron chi connectivity index (χ4n) is 2.81. The number of para-hydroxylation sites is 1. The van der Waals surface area contributed by atoms with Crippen LogP contribution in [0.2, 0.25) is 5.02 Å². The van der Waals surface area contributed by atoms with Crippen molar-refractivity contribution >= 4 is 46.6 Å². The summed E-state index contributed by atoms with van der Waals surface area (Å²) in [5, 5.41) is 3.85. The third-order valence-electron chi connectivity index (χ3n) is 4.17. The lowest BCUT2D eigenvalue weighted by molar-refractivity contribution is -0.113. The molecule has 0 aliphatic carbocycles. The first-order valence-electron chi connectivity index (χ1n) is 8.78. The predicted octanol–water partition coefficient (Wildman–Crippen LogP) is 4.71. The molecule has 5 nitrogen and oxygen atoms in total. The maximum absolute atomic E-state index is 13.0. The molecule has 0 spiro atoms. The number of rotatable bonds is 5. The fraction of sp³-hybridized carbons (Fsp3) is 0.238. The summed E-state index contributed by atoms with van der Waals surface area (Å²) in [5.74, 6) is 0.909. The number of ether oxygens (including phenoxy) is 2. The van der Waals surface area contributed by atoms with Crippen LogP contribution in [0.15, 0.2) is 42.1 Å². The number of halogens is 1. The van der Waals surface area contributed by atoms with Gasteiger partial charge >= 0.3 is 0 Å². The van der Waals surface area contributed by atoms with Gasteiger partial charge in [0.2, 0.25) is 0 Å². The molecule has 1 fully saturated rings. The lowest BCUT2D eigenvalue weighted by Gasteiger charge is -2.16. The topological polar surface area (TPSA) is 50.8 Å². The number of methoxy groups -OCH3 is 1. The first-order valence-corrected chi connectivity index (χ1v) is 9.57. The molecule has 1 heterocycles. The van der Waals surface area contributed by atoms with E-state index in [0.717, 1.165) is 11.1 Å². The number of carbonyl (C=O) groups is 1. The largest absolute Gasteiger partial charge is 0.493 e. The van der Waals surface area contributed by atoms with E-state index in [0.29, 0.717) is 33.0 Å². The van der Waals surface area contributed by atoms with Crippen LogP contribution in [0, 0.1) is 6.92 Å². The van der Waals surface area contributed by atoms with Crippen molar-refractivity contribution in [2.45, 2.75) is 26.9 Å². The number of hydrogen-bond donors (Lipinski definition) is 1. The second-order valence-corrected chi connectivity index (χ2v) is 7.40. The second-order valence-electron chi connectivity index (χ2n) is 6.61. The molecule has 28 heavy (non-hydrogen) atoms. The van der Waals surface area contributed by atoms with Crippen molar-refractivity contribution < 1.29 is 14.3 Å². The Morgan fingerprint density at radius 1 is 1.25 bits per heavy atom. The number of anilines is 1. The standard InChI is InChI=1S/C21H21ClN2O3S/c1-12(2)27-19-14(6-5-7-18(19)26-4)10-17-20(25)24(21(28)23-17)15-9-8-13(3)16(22)11-15/h5-12H,1-4H3,(H,23,28)/b17-10-. The van der Waals surface area contributed by atoms with E-state index in [1.54, 1.807) is 19.3 Å². The van der Waals surface area contributed by atoms with E-state index >= 15 is 0 Å². The Morgan fingerprint density at radius 2 is 2.00 bits per heavy atom. The van der Waals surface area contributed by atoms with E-state index in [1.807, 2.05) is 51.1 Å². The molecule has 3 rings (SSSR count). The van der Waals surface area contributed by atoms with Gasteiger partial charge in [0.1, 0.15) is 5.70 Å². The molecule has 1 saturated heterocycles. The number of thiocarbonyl (C=S) groups is 1. The highest BCUT2D eigenvalue weighted by Gasteiger charge is 2.32. The molecule has 0 saturated carbocycles. The average molecular weight is 417 g/mol. The number of hydrogen-bond acceptors (Lipinski definition) is 4. The minimum Gasteiger partial charge on any atom is -0.493 e. The van der Waals surface area contributed by atoms with Crippen LogP contribution in [0.25, 0.3) is 6.08 Å². The molecule has 2 aromatic carbocycles. The highest BCUT2D eigenvalue weighted by molar-refractivity contribution is 7.80. The summed E-state index contributed by atoms with van der Waals surface area (Å²) in [6.45, 7) is 5.76. The van der Waals surface area contributed by atoms with E-state index in [4.69, 9.17) is 33.3 Å². The average Bonchev–Trinajstić information content (AvgIpc) is 2.92. The number of aryl methyl sites for hydroxylation is 1. The number of amides is 1. The van der Waals surface area contributed by atoms with E-state index < -0.39 is 0 Å². The smallest absolute Gasteiger partial charge is 0.281 e. The van der Waals surface area contributed by atoms with Gasteiger partial charge in [-0.05, 0) is 62.8 Å². The van der Waals surface area contributed by atoms with Gasteiger partial charge in [0.15, 0.2) is 16.6 Å². The fourth-order valence-corrected chi connectivity index (χ4v) is 3.29. The molecule has 0 bridgehead atoms. The molecular formula is C21H21ClN2O3S. The minimum atomic E-state index is -0.261. The summed E-state index contributed by atoms with van der Waals surface area (Å²) in [6.07, 6.45) is 1.66. The van der Waals surface area contributed by atoms with Gasteiger partial charge in [0.05, 0.1) is 18.9 Å². The molecule has 0 radical (unpaired) electrons. The summed E-state index contributed by atoms with van der Waals surface area (Å²) < 4.78 is 11.3. The quantitative estimate of drug-likeness (QED) is 0.565. The Bertz CT molecular complexity index is 972. The van der Waals surface area contributed by atoms with Crippen molar-refractivity contribution in [1.29, 1.82) is 0 Å². The monoisotopic (exact) mass is 416 g/mol. The second kappa shape index (κ2) is 8.20. The maximum atomic E-state index is 13.0. The van der Waals surface area contributed by atoms with Crippen LogP contribution in [0.5, 0.6) is 11.5 Å². The normalized spacial score (nSPS) is 15.4. The predicted molar refractivity (Wildman–Crippen MR) is 116 cm³/mol. The van der Waals surface area contributed by atoms with Gasteiger partial charge in [0.25, 0.3) is 5.91 Å². The zero-order valence-corrected chi connectivity index (χ0v) is 17.6. The van der Waals surface area contributed by atoms with Gasteiger partial charge in [-0.2, -0.15) is 0 Å². The Labute approximate surface area is 174 Å². The van der Waals surface area contributed by atoms with Crippen molar-refractivity contribution in [3.63, 3.8) is 0 Å². The first kappa shape index (κ1) is 20.2. The molecule has 0 atom stereocenters. The molecule has 1 amide bonds. The van der Waals surface area contributed by atoms with Gasteiger partial charge in [-0.15, -0.1) is 0 Å². The van der Waals surface area contributed by atoms with Crippen LogP contribution in [0.4, 0.5) is 5.69 Å². The molecule has 1 aliphatic heterocycles. The zero-order valence-electron chi connectivity index (χ0n) is 16.1. The summed E-state index contributed by atoms with van der Waals surface area (Å²) in [7, 11) is 1.58. The molecule has 7 heteroatoms.